The van der Waals surface area contributed by atoms with Crippen molar-refractivity contribution in [2.24, 2.45) is 5.92 Å². The number of benzene rings is 1. The second-order valence-electron chi connectivity index (χ2n) is 6.33. The van der Waals surface area contributed by atoms with Crippen LogP contribution in [0.1, 0.15) is 37.7 Å². The Bertz CT molecular complexity index is 596. The summed E-state index contributed by atoms with van der Waals surface area (Å²) in [5.41, 5.74) is 1.69. The Balaban J connectivity index is 1.64. The third-order valence-corrected chi connectivity index (χ3v) is 4.98. The molecule has 0 bridgehead atoms. The number of likely N-dealkylation sites (tertiary alicyclic amines) is 1. The van der Waals surface area contributed by atoms with Gasteiger partial charge in [0.25, 0.3) is 0 Å². The van der Waals surface area contributed by atoms with E-state index in [9.17, 15) is 9.59 Å². The topological polar surface area (TPSA) is 49.4 Å². The number of hydrogen-bond acceptors (Lipinski definition) is 2. The van der Waals surface area contributed by atoms with E-state index in [0.29, 0.717) is 24.0 Å². The number of carbonyl (C=O) groups is 2. The molecule has 22 heavy (non-hydrogen) atoms. The molecule has 118 valence electrons. The molecule has 2 fully saturated rings. The number of nitrogens with zero attached hydrogens (tertiary/aromatic N) is 1. The molecule has 0 spiro atoms. The number of rotatable bonds is 3. The van der Waals surface area contributed by atoms with Crippen molar-refractivity contribution in [3.05, 3.63) is 28.8 Å². The van der Waals surface area contributed by atoms with Crippen molar-refractivity contribution in [2.75, 3.05) is 11.9 Å². The first kappa shape index (κ1) is 15.3. The summed E-state index contributed by atoms with van der Waals surface area (Å²) in [6.07, 6.45) is 4.87. The second-order valence-corrected chi connectivity index (χ2v) is 6.77. The molecule has 1 aromatic carbocycles. The number of nitrogens with one attached hydrogen (secondary N) is 1. The van der Waals surface area contributed by atoms with Crippen molar-refractivity contribution in [2.45, 2.75) is 45.1 Å². The van der Waals surface area contributed by atoms with Gasteiger partial charge in [-0.25, -0.2) is 0 Å². The summed E-state index contributed by atoms with van der Waals surface area (Å²) in [6.45, 7) is 2.47. The molecule has 2 aliphatic rings. The fourth-order valence-electron chi connectivity index (χ4n) is 3.48. The van der Waals surface area contributed by atoms with Crippen LogP contribution >= 0.6 is 11.6 Å². The third-order valence-electron chi connectivity index (χ3n) is 4.74. The Morgan fingerprint density at radius 1 is 1.32 bits per heavy atom. The Morgan fingerprint density at radius 3 is 2.73 bits per heavy atom. The zero-order chi connectivity index (χ0) is 15.7. The molecule has 1 heterocycles. The molecule has 0 aromatic heterocycles. The van der Waals surface area contributed by atoms with Gasteiger partial charge in [0.2, 0.25) is 11.8 Å². The molecule has 5 heteroatoms. The Hall–Kier alpha value is -1.55. The Kier molecular flexibility index (Phi) is 4.39. The first-order chi connectivity index (χ1) is 10.5. The molecule has 1 aromatic rings. The van der Waals surface area contributed by atoms with Crippen molar-refractivity contribution in [1.82, 2.24) is 4.90 Å². The van der Waals surface area contributed by atoms with Crippen molar-refractivity contribution in [3.8, 4) is 0 Å². The SMILES string of the molecule is Cc1cc(Cl)ccc1NC(=O)C1CC(=O)N(C2CCCC2)C1. The van der Waals surface area contributed by atoms with Gasteiger partial charge in [-0.1, -0.05) is 24.4 Å². The number of carbonyl (C=O) groups excluding carboxylic acids is 2. The lowest BCUT2D eigenvalue weighted by Crippen LogP contribution is -2.35. The van der Waals surface area contributed by atoms with Crippen molar-refractivity contribution in [1.29, 1.82) is 0 Å². The molecule has 1 saturated carbocycles. The van der Waals surface area contributed by atoms with Crippen LogP contribution in [-0.2, 0) is 9.59 Å². The van der Waals surface area contributed by atoms with E-state index in [4.69, 9.17) is 11.6 Å². The van der Waals surface area contributed by atoms with Crippen LogP contribution in [0.5, 0.6) is 0 Å². The minimum Gasteiger partial charge on any atom is -0.339 e. The van der Waals surface area contributed by atoms with E-state index in [1.807, 2.05) is 17.9 Å². The molecule has 4 nitrogen and oxygen atoms in total. The molecular formula is C17H21ClN2O2. The van der Waals surface area contributed by atoms with E-state index in [0.717, 1.165) is 24.1 Å². The van der Waals surface area contributed by atoms with E-state index in [1.54, 1.807) is 12.1 Å². The second kappa shape index (κ2) is 6.29. The van der Waals surface area contributed by atoms with Crippen molar-refractivity contribution in [3.63, 3.8) is 0 Å². The van der Waals surface area contributed by atoms with Gasteiger partial charge in [0.1, 0.15) is 0 Å². The van der Waals surface area contributed by atoms with E-state index in [2.05, 4.69) is 5.32 Å². The predicted molar refractivity (Wildman–Crippen MR) is 86.9 cm³/mol. The summed E-state index contributed by atoms with van der Waals surface area (Å²) in [4.78, 5) is 26.5. The average Bonchev–Trinajstić information content (AvgIpc) is 3.10. The van der Waals surface area contributed by atoms with Crippen LogP contribution in [-0.4, -0.2) is 29.3 Å². The van der Waals surface area contributed by atoms with Crippen LogP contribution in [0.25, 0.3) is 0 Å². The predicted octanol–water partition coefficient (Wildman–Crippen LogP) is 3.38. The van der Waals surface area contributed by atoms with Crippen molar-refractivity contribution >= 4 is 29.1 Å². The van der Waals surface area contributed by atoms with E-state index >= 15 is 0 Å². The third kappa shape index (κ3) is 3.12. The van der Waals surface area contributed by atoms with Gasteiger partial charge in [0.05, 0.1) is 5.92 Å². The standard InChI is InChI=1S/C17H21ClN2O2/c1-11-8-13(18)6-7-15(11)19-17(22)12-9-16(21)20(10-12)14-4-2-3-5-14/h6-8,12,14H,2-5,9-10H2,1H3,(H,19,22). The van der Waals surface area contributed by atoms with Gasteiger partial charge in [-0.3, -0.25) is 9.59 Å². The fourth-order valence-corrected chi connectivity index (χ4v) is 3.70. The molecule has 1 N–H and O–H groups in total. The minimum absolute atomic E-state index is 0.0701. The maximum absolute atomic E-state index is 12.4. The summed E-state index contributed by atoms with van der Waals surface area (Å²) < 4.78 is 0. The van der Waals surface area contributed by atoms with Crippen LogP contribution in [0, 0.1) is 12.8 Å². The normalized spacial score (nSPS) is 22.4. The Labute approximate surface area is 135 Å². The van der Waals surface area contributed by atoms with Gasteiger partial charge in [-0.05, 0) is 43.5 Å². The van der Waals surface area contributed by atoms with Gasteiger partial charge in [0.15, 0.2) is 0 Å². The quantitative estimate of drug-likeness (QED) is 0.928. The van der Waals surface area contributed by atoms with Crippen LogP contribution in [0.3, 0.4) is 0 Å². The van der Waals surface area contributed by atoms with E-state index < -0.39 is 0 Å². The monoisotopic (exact) mass is 320 g/mol. The lowest BCUT2D eigenvalue weighted by Gasteiger charge is -2.24. The van der Waals surface area contributed by atoms with Crippen LogP contribution < -0.4 is 5.32 Å². The number of hydrogen-bond donors (Lipinski definition) is 1. The molecule has 1 unspecified atom stereocenters. The number of aryl methyl sites for hydroxylation is 1. The molecule has 1 atom stereocenters. The van der Waals surface area contributed by atoms with Gasteiger partial charge < -0.3 is 10.2 Å². The highest BCUT2D eigenvalue weighted by Crippen LogP contribution is 2.30. The van der Waals surface area contributed by atoms with Crippen molar-refractivity contribution < 1.29 is 9.59 Å². The van der Waals surface area contributed by atoms with Crippen LogP contribution in [0.4, 0.5) is 5.69 Å². The van der Waals surface area contributed by atoms with Gasteiger partial charge in [-0.15, -0.1) is 0 Å². The number of anilines is 1. The lowest BCUT2D eigenvalue weighted by atomic mass is 10.1. The van der Waals surface area contributed by atoms with E-state index in [-0.39, 0.29) is 17.7 Å². The Morgan fingerprint density at radius 2 is 2.05 bits per heavy atom. The zero-order valence-electron chi connectivity index (χ0n) is 12.8. The molecule has 3 rings (SSSR count). The van der Waals surface area contributed by atoms with Gasteiger partial charge in [-0.2, -0.15) is 0 Å². The summed E-state index contributed by atoms with van der Waals surface area (Å²) >= 11 is 5.93. The minimum atomic E-state index is -0.247. The summed E-state index contributed by atoms with van der Waals surface area (Å²) in [5.74, 6) is -0.192. The fraction of sp³-hybridized carbons (Fsp3) is 0.529. The molecule has 1 aliphatic heterocycles. The summed E-state index contributed by atoms with van der Waals surface area (Å²) in [5, 5.41) is 3.59. The molecule has 1 saturated heterocycles. The maximum Gasteiger partial charge on any atom is 0.229 e. The van der Waals surface area contributed by atoms with E-state index in [1.165, 1.54) is 12.8 Å². The highest BCUT2D eigenvalue weighted by molar-refractivity contribution is 6.30. The summed E-state index contributed by atoms with van der Waals surface area (Å²) in [6, 6.07) is 5.74. The lowest BCUT2D eigenvalue weighted by molar-refractivity contribution is -0.129. The molecular weight excluding hydrogens is 300 g/mol. The maximum atomic E-state index is 12.4. The largest absolute Gasteiger partial charge is 0.339 e. The van der Waals surface area contributed by atoms with Crippen LogP contribution in [0.2, 0.25) is 5.02 Å². The number of amides is 2. The smallest absolute Gasteiger partial charge is 0.229 e. The van der Waals surface area contributed by atoms with Gasteiger partial charge >= 0.3 is 0 Å². The zero-order valence-corrected chi connectivity index (χ0v) is 13.5. The first-order valence-electron chi connectivity index (χ1n) is 7.91. The molecule has 0 radical (unpaired) electrons. The first-order valence-corrected chi connectivity index (χ1v) is 8.29. The highest BCUT2D eigenvalue weighted by atomic mass is 35.5. The van der Waals surface area contributed by atoms with Gasteiger partial charge in [0, 0.05) is 29.7 Å². The highest BCUT2D eigenvalue weighted by Gasteiger charge is 2.38. The number of halogens is 1. The average molecular weight is 321 g/mol. The summed E-state index contributed by atoms with van der Waals surface area (Å²) in [7, 11) is 0. The van der Waals surface area contributed by atoms with Crippen LogP contribution in [0.15, 0.2) is 18.2 Å². The molecule has 2 amide bonds. The molecule has 1 aliphatic carbocycles.